The van der Waals surface area contributed by atoms with Crippen LogP contribution in [0.2, 0.25) is 0 Å². The molecule has 1 aliphatic rings. The third-order valence-electron chi connectivity index (χ3n) is 5.74. The Bertz CT molecular complexity index is 1220. The maximum atomic E-state index is 13.7. The number of fused-ring (bicyclic) bond motifs is 1. The van der Waals surface area contributed by atoms with Crippen LogP contribution in [0, 0.1) is 17.0 Å². The fourth-order valence-electron chi connectivity index (χ4n) is 4.23. The molecular formula is C23H20N2O7. The van der Waals surface area contributed by atoms with Crippen molar-refractivity contribution < 1.29 is 29.4 Å². The van der Waals surface area contributed by atoms with Gasteiger partial charge in [-0.3, -0.25) is 14.9 Å². The van der Waals surface area contributed by atoms with E-state index < -0.39 is 16.2 Å². The zero-order valence-electron chi connectivity index (χ0n) is 17.5. The number of ether oxygens (including phenoxy) is 2. The van der Waals surface area contributed by atoms with Crippen LogP contribution in [0.5, 0.6) is 23.0 Å². The van der Waals surface area contributed by atoms with E-state index >= 15 is 0 Å². The van der Waals surface area contributed by atoms with E-state index in [4.69, 9.17) is 9.47 Å². The predicted molar refractivity (Wildman–Crippen MR) is 116 cm³/mol. The molecule has 4 rings (SSSR count). The number of carbonyl (C=O) groups excluding carboxylic acids is 1. The molecule has 0 bridgehead atoms. The van der Waals surface area contributed by atoms with Crippen molar-refractivity contribution in [3.8, 4) is 23.0 Å². The second-order valence-corrected chi connectivity index (χ2v) is 7.42. The number of benzene rings is 3. The third-order valence-corrected chi connectivity index (χ3v) is 5.74. The van der Waals surface area contributed by atoms with Gasteiger partial charge in [-0.05, 0) is 47.9 Å². The molecule has 0 radical (unpaired) electrons. The first-order valence-corrected chi connectivity index (χ1v) is 9.60. The minimum absolute atomic E-state index is 0.122. The molecule has 0 aromatic heterocycles. The molecule has 1 heterocycles. The Kier molecular flexibility index (Phi) is 4.89. The first-order valence-electron chi connectivity index (χ1n) is 9.60. The average molecular weight is 436 g/mol. The normalized spacial score (nSPS) is 13.9. The van der Waals surface area contributed by atoms with Gasteiger partial charge in [0.15, 0.2) is 23.0 Å². The lowest BCUT2D eigenvalue weighted by Crippen LogP contribution is -2.37. The van der Waals surface area contributed by atoms with Crippen molar-refractivity contribution in [2.24, 2.45) is 0 Å². The maximum absolute atomic E-state index is 13.7. The molecule has 164 valence electrons. The van der Waals surface area contributed by atoms with Crippen molar-refractivity contribution in [2.45, 2.75) is 12.3 Å². The number of hydrogen-bond donors (Lipinski definition) is 3. The lowest BCUT2D eigenvalue weighted by atomic mass is 9.69. The van der Waals surface area contributed by atoms with Crippen LogP contribution in [0.25, 0.3) is 0 Å². The number of rotatable bonds is 5. The van der Waals surface area contributed by atoms with Crippen LogP contribution in [-0.2, 0) is 10.2 Å². The molecule has 0 atom stereocenters. The van der Waals surface area contributed by atoms with E-state index in [1.165, 1.54) is 50.6 Å². The van der Waals surface area contributed by atoms with E-state index in [0.29, 0.717) is 27.9 Å². The molecule has 3 N–H and O–H groups in total. The van der Waals surface area contributed by atoms with Crippen LogP contribution in [-0.4, -0.2) is 35.3 Å². The monoisotopic (exact) mass is 436 g/mol. The lowest BCUT2D eigenvalue weighted by Gasteiger charge is -2.29. The molecule has 0 saturated carbocycles. The number of phenolic OH excluding ortho intramolecular Hbond substituents is 2. The van der Waals surface area contributed by atoms with Crippen molar-refractivity contribution in [1.29, 1.82) is 0 Å². The van der Waals surface area contributed by atoms with E-state index in [1.54, 1.807) is 19.1 Å². The molecule has 3 aromatic rings. The van der Waals surface area contributed by atoms with Gasteiger partial charge >= 0.3 is 0 Å². The van der Waals surface area contributed by atoms with Crippen LogP contribution in [0.4, 0.5) is 11.4 Å². The van der Waals surface area contributed by atoms with E-state index in [-0.39, 0.29) is 28.7 Å². The number of aryl methyl sites for hydroxylation is 1. The van der Waals surface area contributed by atoms with Crippen molar-refractivity contribution >= 4 is 17.3 Å². The Morgan fingerprint density at radius 3 is 1.94 bits per heavy atom. The number of nitrogens with one attached hydrogen (secondary N) is 1. The van der Waals surface area contributed by atoms with Crippen molar-refractivity contribution in [1.82, 2.24) is 0 Å². The number of methoxy groups -OCH3 is 2. The van der Waals surface area contributed by atoms with Gasteiger partial charge in [-0.15, -0.1) is 0 Å². The third kappa shape index (κ3) is 2.89. The Hall–Kier alpha value is -4.27. The fraction of sp³-hybridized carbons (Fsp3) is 0.174. The number of anilines is 1. The molecule has 32 heavy (non-hydrogen) atoms. The topological polar surface area (TPSA) is 131 Å². The minimum Gasteiger partial charge on any atom is -0.504 e. The minimum atomic E-state index is -1.53. The number of nitro groups is 1. The van der Waals surface area contributed by atoms with Crippen LogP contribution >= 0.6 is 0 Å². The molecule has 0 unspecified atom stereocenters. The molecule has 0 fully saturated rings. The van der Waals surface area contributed by atoms with Crippen molar-refractivity contribution in [3.63, 3.8) is 0 Å². The van der Waals surface area contributed by atoms with Crippen LogP contribution in [0.15, 0.2) is 48.5 Å². The molecule has 1 amide bonds. The van der Waals surface area contributed by atoms with E-state index in [0.717, 1.165) is 0 Å². The number of nitro benzene ring substituents is 1. The smallest absolute Gasteiger partial charge is 0.270 e. The Morgan fingerprint density at radius 1 is 0.938 bits per heavy atom. The highest BCUT2D eigenvalue weighted by molar-refractivity contribution is 6.12. The van der Waals surface area contributed by atoms with Crippen LogP contribution in [0.3, 0.4) is 0 Å². The largest absolute Gasteiger partial charge is 0.504 e. The molecular weight excluding hydrogens is 416 g/mol. The number of hydrogen-bond acceptors (Lipinski definition) is 7. The summed E-state index contributed by atoms with van der Waals surface area (Å²) in [6.07, 6.45) is 0. The number of aromatic hydroxyl groups is 2. The zero-order valence-corrected chi connectivity index (χ0v) is 17.5. The Balaban J connectivity index is 2.14. The highest BCUT2D eigenvalue weighted by atomic mass is 16.6. The van der Waals surface area contributed by atoms with Gasteiger partial charge in [0.1, 0.15) is 5.41 Å². The van der Waals surface area contributed by atoms with Gasteiger partial charge in [-0.25, -0.2) is 0 Å². The lowest BCUT2D eigenvalue weighted by molar-refractivity contribution is -0.385. The number of amides is 1. The molecule has 0 spiro atoms. The van der Waals surface area contributed by atoms with E-state index in [9.17, 15) is 25.1 Å². The number of non-ortho nitro benzene ring substituents is 1. The van der Waals surface area contributed by atoms with Crippen molar-refractivity contribution in [3.05, 3.63) is 80.9 Å². The average Bonchev–Trinajstić information content (AvgIpc) is 3.07. The van der Waals surface area contributed by atoms with Gasteiger partial charge in [0.05, 0.1) is 19.1 Å². The predicted octanol–water partition coefficient (Wildman–Crippen LogP) is 3.62. The molecule has 9 nitrogen and oxygen atoms in total. The summed E-state index contributed by atoms with van der Waals surface area (Å²) in [4.78, 5) is 24.8. The summed E-state index contributed by atoms with van der Waals surface area (Å²) < 4.78 is 10.5. The summed E-state index contributed by atoms with van der Waals surface area (Å²) in [7, 11) is 2.76. The van der Waals surface area contributed by atoms with E-state index in [2.05, 4.69) is 5.32 Å². The quantitative estimate of drug-likeness (QED) is 0.411. The Morgan fingerprint density at radius 2 is 1.47 bits per heavy atom. The number of nitrogens with zero attached hydrogens (tertiary/aromatic N) is 1. The van der Waals surface area contributed by atoms with Crippen LogP contribution < -0.4 is 14.8 Å². The van der Waals surface area contributed by atoms with Gasteiger partial charge in [-0.2, -0.15) is 0 Å². The summed E-state index contributed by atoms with van der Waals surface area (Å²) in [6, 6.07) is 11.7. The second kappa shape index (κ2) is 7.45. The van der Waals surface area contributed by atoms with Gasteiger partial charge in [-0.1, -0.05) is 12.1 Å². The number of phenols is 2. The highest BCUT2D eigenvalue weighted by Crippen LogP contribution is 2.52. The summed E-state index contributed by atoms with van der Waals surface area (Å²) >= 11 is 0. The molecule has 9 heteroatoms. The first-order chi connectivity index (χ1) is 15.2. The first kappa shape index (κ1) is 21.0. The SMILES string of the molecule is COc1cc(C2(c3ccc(O)c(OC)c3)C(=O)Nc3c(C)cc([N+](=O)[O-])cc32)ccc1O. The molecule has 1 aliphatic heterocycles. The zero-order chi connectivity index (χ0) is 23.2. The van der Waals surface area contributed by atoms with E-state index in [1.807, 2.05) is 0 Å². The highest BCUT2D eigenvalue weighted by Gasteiger charge is 2.51. The second-order valence-electron chi connectivity index (χ2n) is 7.42. The molecule has 0 aliphatic carbocycles. The molecule has 0 saturated heterocycles. The fourth-order valence-corrected chi connectivity index (χ4v) is 4.23. The van der Waals surface area contributed by atoms with Gasteiger partial charge in [0.2, 0.25) is 5.91 Å². The summed E-state index contributed by atoms with van der Waals surface area (Å²) in [5.74, 6) is -0.421. The van der Waals surface area contributed by atoms with Crippen LogP contribution in [0.1, 0.15) is 22.3 Å². The molecule has 3 aromatic carbocycles. The van der Waals surface area contributed by atoms with Gasteiger partial charge < -0.3 is 25.0 Å². The Labute approximate surface area is 183 Å². The summed E-state index contributed by atoms with van der Waals surface area (Å²) in [5.41, 5.74) is 0.481. The maximum Gasteiger partial charge on any atom is 0.270 e. The summed E-state index contributed by atoms with van der Waals surface area (Å²) in [5, 5.41) is 34.7. The van der Waals surface area contributed by atoms with Gasteiger partial charge in [0, 0.05) is 23.4 Å². The number of carbonyl (C=O) groups is 1. The standard InChI is InChI=1S/C23H20N2O7/c1-12-8-15(25(29)30)11-16-21(12)24-22(28)23(16,13-4-6-17(26)19(9-13)31-2)14-5-7-18(27)20(10-14)32-3/h4-11,26-27H,1-3H3,(H,24,28). The van der Waals surface area contributed by atoms with Gasteiger partial charge in [0.25, 0.3) is 5.69 Å². The summed E-state index contributed by atoms with van der Waals surface area (Å²) in [6.45, 7) is 1.68. The van der Waals surface area contributed by atoms with Crippen molar-refractivity contribution in [2.75, 3.05) is 19.5 Å².